The van der Waals surface area contributed by atoms with Gasteiger partial charge < -0.3 is 10.1 Å². The van der Waals surface area contributed by atoms with Crippen LogP contribution in [0.3, 0.4) is 0 Å². The number of benzene rings is 1. The summed E-state index contributed by atoms with van der Waals surface area (Å²) in [5.41, 5.74) is 1.53. The summed E-state index contributed by atoms with van der Waals surface area (Å²) in [5.74, 6) is -0.172. The number of aryl methyl sites for hydroxylation is 1. The van der Waals surface area contributed by atoms with Gasteiger partial charge in [0.1, 0.15) is 0 Å². The van der Waals surface area contributed by atoms with Crippen LogP contribution in [0.15, 0.2) is 18.2 Å². The highest BCUT2D eigenvalue weighted by Gasteiger charge is 2.12. The van der Waals surface area contributed by atoms with Gasteiger partial charge in [-0.3, -0.25) is 4.79 Å². The van der Waals surface area contributed by atoms with Crippen molar-refractivity contribution in [1.82, 2.24) is 5.32 Å². The number of hydrogen-bond donors (Lipinski definition) is 1. The number of carbonyl (C=O) groups excluding carboxylic acids is 1. The molecule has 1 atom stereocenters. The Hall–Kier alpha value is -1.06. The lowest BCUT2D eigenvalue weighted by molar-refractivity contribution is 0.0905. The summed E-state index contributed by atoms with van der Waals surface area (Å²) in [6.07, 6.45) is 0. The molecule has 0 aromatic heterocycles. The fraction of sp³-hybridized carbons (Fsp3) is 0.417. The SMILES string of the molecule is COCC(C)NC(=O)c1ccc(C)cc1Cl. The lowest BCUT2D eigenvalue weighted by atomic mass is 10.1. The van der Waals surface area contributed by atoms with E-state index in [4.69, 9.17) is 16.3 Å². The molecule has 1 N–H and O–H groups in total. The molecule has 1 aromatic rings. The zero-order valence-corrected chi connectivity index (χ0v) is 10.5. The third kappa shape index (κ3) is 3.51. The van der Waals surface area contributed by atoms with Crippen molar-refractivity contribution >= 4 is 17.5 Å². The van der Waals surface area contributed by atoms with Gasteiger partial charge in [0.15, 0.2) is 0 Å². The van der Waals surface area contributed by atoms with Gasteiger partial charge in [-0.2, -0.15) is 0 Å². The van der Waals surface area contributed by atoms with Gasteiger partial charge in [0.2, 0.25) is 0 Å². The van der Waals surface area contributed by atoms with Crippen LogP contribution in [-0.4, -0.2) is 25.7 Å². The van der Waals surface area contributed by atoms with Crippen molar-refractivity contribution in [2.24, 2.45) is 0 Å². The van der Waals surface area contributed by atoms with E-state index in [-0.39, 0.29) is 11.9 Å². The predicted octanol–water partition coefficient (Wildman–Crippen LogP) is 2.41. The Kier molecular flexibility index (Phi) is 4.77. The van der Waals surface area contributed by atoms with E-state index < -0.39 is 0 Å². The number of carbonyl (C=O) groups is 1. The molecule has 16 heavy (non-hydrogen) atoms. The predicted molar refractivity (Wildman–Crippen MR) is 65.0 cm³/mol. The van der Waals surface area contributed by atoms with E-state index in [2.05, 4.69) is 5.32 Å². The zero-order valence-electron chi connectivity index (χ0n) is 9.71. The first-order valence-corrected chi connectivity index (χ1v) is 5.48. The van der Waals surface area contributed by atoms with Crippen LogP contribution < -0.4 is 5.32 Å². The van der Waals surface area contributed by atoms with Gasteiger partial charge in [0, 0.05) is 13.2 Å². The topological polar surface area (TPSA) is 38.3 Å². The Labute approximate surface area is 101 Å². The van der Waals surface area contributed by atoms with Gasteiger partial charge in [-0.15, -0.1) is 0 Å². The zero-order chi connectivity index (χ0) is 12.1. The molecule has 88 valence electrons. The van der Waals surface area contributed by atoms with Crippen molar-refractivity contribution in [1.29, 1.82) is 0 Å². The second kappa shape index (κ2) is 5.87. The van der Waals surface area contributed by atoms with Crippen LogP contribution in [0.25, 0.3) is 0 Å². The molecule has 0 fully saturated rings. The molecule has 0 bridgehead atoms. The number of halogens is 1. The van der Waals surface area contributed by atoms with Crippen LogP contribution in [0.4, 0.5) is 0 Å². The summed E-state index contributed by atoms with van der Waals surface area (Å²) in [6, 6.07) is 5.33. The minimum absolute atomic E-state index is 0.0325. The third-order valence-electron chi connectivity index (χ3n) is 2.16. The molecule has 1 amide bonds. The molecule has 0 aliphatic rings. The van der Waals surface area contributed by atoms with Crippen LogP contribution >= 0.6 is 11.6 Å². The third-order valence-corrected chi connectivity index (χ3v) is 2.48. The summed E-state index contributed by atoms with van der Waals surface area (Å²) >= 11 is 5.99. The van der Waals surface area contributed by atoms with Crippen molar-refractivity contribution in [2.75, 3.05) is 13.7 Å². The quantitative estimate of drug-likeness (QED) is 0.879. The molecular formula is C12H16ClNO2. The molecule has 1 aromatic carbocycles. The molecule has 0 heterocycles. The van der Waals surface area contributed by atoms with Crippen molar-refractivity contribution in [2.45, 2.75) is 19.9 Å². The first-order valence-electron chi connectivity index (χ1n) is 5.10. The van der Waals surface area contributed by atoms with Crippen molar-refractivity contribution < 1.29 is 9.53 Å². The molecular weight excluding hydrogens is 226 g/mol. The monoisotopic (exact) mass is 241 g/mol. The maximum absolute atomic E-state index is 11.8. The molecule has 3 nitrogen and oxygen atoms in total. The van der Waals surface area contributed by atoms with Crippen LogP contribution in [0.1, 0.15) is 22.8 Å². The molecule has 0 saturated heterocycles. The fourth-order valence-corrected chi connectivity index (χ4v) is 1.72. The lowest BCUT2D eigenvalue weighted by Gasteiger charge is -2.13. The standard InChI is InChI=1S/C12H16ClNO2/c1-8-4-5-10(11(13)6-8)12(15)14-9(2)7-16-3/h4-6,9H,7H2,1-3H3,(H,14,15). The Bertz CT molecular complexity index is 379. The van der Waals surface area contributed by atoms with E-state index in [0.717, 1.165) is 5.56 Å². The van der Waals surface area contributed by atoms with E-state index in [1.54, 1.807) is 19.2 Å². The first-order chi connectivity index (χ1) is 7.54. The fourth-order valence-electron chi connectivity index (χ4n) is 1.40. The largest absolute Gasteiger partial charge is 0.383 e. The highest BCUT2D eigenvalue weighted by Crippen LogP contribution is 2.17. The minimum atomic E-state index is -0.172. The summed E-state index contributed by atoms with van der Waals surface area (Å²) in [4.78, 5) is 11.8. The van der Waals surface area contributed by atoms with Gasteiger partial charge in [0.25, 0.3) is 5.91 Å². The normalized spacial score (nSPS) is 12.2. The number of amides is 1. The van der Waals surface area contributed by atoms with Gasteiger partial charge in [-0.25, -0.2) is 0 Å². The smallest absolute Gasteiger partial charge is 0.253 e. The minimum Gasteiger partial charge on any atom is -0.383 e. The lowest BCUT2D eigenvalue weighted by Crippen LogP contribution is -2.35. The summed E-state index contributed by atoms with van der Waals surface area (Å²) in [5, 5.41) is 3.28. The summed E-state index contributed by atoms with van der Waals surface area (Å²) < 4.78 is 4.94. The van der Waals surface area contributed by atoms with Gasteiger partial charge >= 0.3 is 0 Å². The Morgan fingerprint density at radius 1 is 1.56 bits per heavy atom. The van der Waals surface area contributed by atoms with E-state index in [1.165, 1.54) is 0 Å². The molecule has 0 aliphatic heterocycles. The highest BCUT2D eigenvalue weighted by atomic mass is 35.5. The van der Waals surface area contributed by atoms with Crippen LogP contribution in [0.5, 0.6) is 0 Å². The van der Waals surface area contributed by atoms with E-state index in [0.29, 0.717) is 17.2 Å². The Balaban J connectivity index is 2.73. The molecule has 1 unspecified atom stereocenters. The number of nitrogens with one attached hydrogen (secondary N) is 1. The van der Waals surface area contributed by atoms with Crippen LogP contribution in [0, 0.1) is 6.92 Å². The first kappa shape index (κ1) is 13.0. The second-order valence-electron chi connectivity index (χ2n) is 3.81. The summed E-state index contributed by atoms with van der Waals surface area (Å²) in [7, 11) is 1.60. The van der Waals surface area contributed by atoms with Crippen LogP contribution in [-0.2, 0) is 4.74 Å². The number of hydrogen-bond acceptors (Lipinski definition) is 2. The van der Waals surface area contributed by atoms with E-state index >= 15 is 0 Å². The number of ether oxygens (including phenoxy) is 1. The van der Waals surface area contributed by atoms with Crippen molar-refractivity contribution in [3.63, 3.8) is 0 Å². The maximum atomic E-state index is 11.8. The van der Waals surface area contributed by atoms with E-state index in [1.807, 2.05) is 19.9 Å². The molecule has 0 radical (unpaired) electrons. The molecule has 1 rings (SSSR count). The molecule has 0 aliphatic carbocycles. The van der Waals surface area contributed by atoms with Gasteiger partial charge in [0.05, 0.1) is 17.2 Å². The molecule has 0 spiro atoms. The van der Waals surface area contributed by atoms with Crippen molar-refractivity contribution in [3.8, 4) is 0 Å². The van der Waals surface area contributed by atoms with E-state index in [9.17, 15) is 4.79 Å². The van der Waals surface area contributed by atoms with Gasteiger partial charge in [-0.1, -0.05) is 17.7 Å². The van der Waals surface area contributed by atoms with Gasteiger partial charge in [-0.05, 0) is 31.5 Å². The van der Waals surface area contributed by atoms with Crippen molar-refractivity contribution in [3.05, 3.63) is 34.3 Å². The average molecular weight is 242 g/mol. The van der Waals surface area contributed by atoms with Crippen LogP contribution in [0.2, 0.25) is 5.02 Å². The molecule has 4 heteroatoms. The number of rotatable bonds is 4. The maximum Gasteiger partial charge on any atom is 0.253 e. The number of methoxy groups -OCH3 is 1. The second-order valence-corrected chi connectivity index (χ2v) is 4.22. The molecule has 0 saturated carbocycles. The summed E-state index contributed by atoms with van der Waals surface area (Å²) in [6.45, 7) is 4.29. The Morgan fingerprint density at radius 2 is 2.25 bits per heavy atom. The average Bonchev–Trinajstić information content (AvgIpc) is 2.17. The highest BCUT2D eigenvalue weighted by molar-refractivity contribution is 6.33. The Morgan fingerprint density at radius 3 is 2.81 bits per heavy atom.